The van der Waals surface area contributed by atoms with Gasteiger partial charge in [0.05, 0.1) is 12.2 Å². The molecule has 0 saturated heterocycles. The summed E-state index contributed by atoms with van der Waals surface area (Å²) < 4.78 is 5.66. The number of rotatable bonds is 7. The summed E-state index contributed by atoms with van der Waals surface area (Å²) in [4.78, 5) is 4.41. The number of nitrogens with one attached hydrogen (secondary N) is 2. The number of aromatic amines is 1. The third kappa shape index (κ3) is 4.80. The number of hydrogen-bond acceptors (Lipinski definition) is 5. The van der Waals surface area contributed by atoms with Crippen molar-refractivity contribution in [2.45, 2.75) is 58.3 Å². The van der Waals surface area contributed by atoms with Crippen LogP contribution in [0.15, 0.2) is 24.3 Å². The molecular weight excluding hydrogens is 316 g/mol. The first-order chi connectivity index (χ1) is 12.0. The zero-order valence-electron chi connectivity index (χ0n) is 15.2. The van der Waals surface area contributed by atoms with E-state index in [2.05, 4.69) is 32.6 Å². The standard InChI is InChI=1S/C19H28N4O2/c1-12(2)25-17-6-4-14(5-7-17)10-20-11-16-8-15(9-18(16)24)19-21-13(3)22-23-19/h4-7,12,15-16,18,20,24H,8-11H2,1-3H3,(H,21,22,23)/t15?,16-,18-/m1/s1. The molecule has 3 atom stereocenters. The van der Waals surface area contributed by atoms with E-state index in [1.165, 1.54) is 5.56 Å². The summed E-state index contributed by atoms with van der Waals surface area (Å²) in [6, 6.07) is 8.16. The first-order valence-electron chi connectivity index (χ1n) is 9.04. The topological polar surface area (TPSA) is 83.1 Å². The number of nitrogens with zero attached hydrogens (tertiary/aromatic N) is 2. The molecule has 3 rings (SSSR count). The van der Waals surface area contributed by atoms with Crippen molar-refractivity contribution in [3.63, 3.8) is 0 Å². The second-order valence-corrected chi connectivity index (χ2v) is 7.22. The molecule has 1 saturated carbocycles. The van der Waals surface area contributed by atoms with Crippen molar-refractivity contribution >= 4 is 0 Å². The lowest BCUT2D eigenvalue weighted by molar-refractivity contribution is 0.131. The van der Waals surface area contributed by atoms with Crippen LogP contribution in [-0.4, -0.2) is 39.0 Å². The highest BCUT2D eigenvalue weighted by Gasteiger charge is 2.35. The Kier molecular flexibility index (Phi) is 5.71. The van der Waals surface area contributed by atoms with Crippen molar-refractivity contribution in [3.8, 4) is 5.75 Å². The molecule has 3 N–H and O–H groups in total. The van der Waals surface area contributed by atoms with Crippen LogP contribution in [0.4, 0.5) is 0 Å². The Morgan fingerprint density at radius 1 is 1.28 bits per heavy atom. The third-order valence-corrected chi connectivity index (χ3v) is 4.67. The van der Waals surface area contributed by atoms with E-state index in [1.807, 2.05) is 32.9 Å². The lowest BCUT2D eigenvalue weighted by atomic mass is 10.0. The molecule has 0 amide bonds. The summed E-state index contributed by atoms with van der Waals surface area (Å²) in [5, 5.41) is 20.9. The number of aliphatic hydroxyl groups excluding tert-OH is 1. The smallest absolute Gasteiger partial charge is 0.153 e. The molecule has 1 aromatic heterocycles. The number of benzene rings is 1. The fourth-order valence-corrected chi connectivity index (χ4v) is 3.44. The number of hydrogen-bond donors (Lipinski definition) is 3. The molecule has 0 bridgehead atoms. The number of ether oxygens (including phenoxy) is 1. The van der Waals surface area contributed by atoms with Gasteiger partial charge in [0.15, 0.2) is 5.82 Å². The van der Waals surface area contributed by atoms with Gasteiger partial charge in [-0.1, -0.05) is 12.1 Å². The van der Waals surface area contributed by atoms with Crippen LogP contribution < -0.4 is 10.1 Å². The molecule has 1 fully saturated rings. The van der Waals surface area contributed by atoms with Crippen LogP contribution in [0, 0.1) is 12.8 Å². The van der Waals surface area contributed by atoms with Crippen LogP contribution in [0.3, 0.4) is 0 Å². The van der Waals surface area contributed by atoms with Gasteiger partial charge in [0.25, 0.3) is 0 Å². The number of H-pyrrole nitrogens is 1. The van der Waals surface area contributed by atoms with Gasteiger partial charge in [-0.25, -0.2) is 4.98 Å². The maximum absolute atomic E-state index is 10.3. The highest BCUT2D eigenvalue weighted by molar-refractivity contribution is 5.27. The zero-order valence-corrected chi connectivity index (χ0v) is 15.2. The Hall–Kier alpha value is -1.92. The number of aromatic nitrogens is 3. The van der Waals surface area contributed by atoms with Gasteiger partial charge in [0, 0.05) is 19.0 Å². The highest BCUT2D eigenvalue weighted by Crippen LogP contribution is 2.36. The molecule has 0 radical (unpaired) electrons. The van der Waals surface area contributed by atoms with E-state index in [0.29, 0.717) is 0 Å². The molecule has 1 aromatic carbocycles. The largest absolute Gasteiger partial charge is 0.491 e. The molecule has 25 heavy (non-hydrogen) atoms. The van der Waals surface area contributed by atoms with E-state index in [0.717, 1.165) is 43.3 Å². The molecule has 2 aromatic rings. The fraction of sp³-hybridized carbons (Fsp3) is 0.579. The van der Waals surface area contributed by atoms with Gasteiger partial charge in [0.1, 0.15) is 11.6 Å². The minimum absolute atomic E-state index is 0.188. The van der Waals surface area contributed by atoms with E-state index in [9.17, 15) is 5.11 Å². The van der Waals surface area contributed by atoms with Crippen LogP contribution >= 0.6 is 0 Å². The van der Waals surface area contributed by atoms with E-state index < -0.39 is 0 Å². The van der Waals surface area contributed by atoms with Crippen molar-refractivity contribution in [2.24, 2.45) is 5.92 Å². The van der Waals surface area contributed by atoms with Crippen LogP contribution in [0.5, 0.6) is 5.75 Å². The first-order valence-corrected chi connectivity index (χ1v) is 9.04. The second kappa shape index (κ2) is 7.97. The Bertz CT molecular complexity index is 668. The summed E-state index contributed by atoms with van der Waals surface area (Å²) in [5.74, 6) is 3.05. The van der Waals surface area contributed by atoms with Gasteiger partial charge < -0.3 is 15.2 Å². The molecule has 6 heteroatoms. The predicted molar refractivity (Wildman–Crippen MR) is 96.5 cm³/mol. The summed E-state index contributed by atoms with van der Waals surface area (Å²) in [6.45, 7) is 7.53. The molecule has 6 nitrogen and oxygen atoms in total. The van der Waals surface area contributed by atoms with Crippen LogP contribution in [-0.2, 0) is 6.54 Å². The van der Waals surface area contributed by atoms with Crippen molar-refractivity contribution in [1.82, 2.24) is 20.5 Å². The molecule has 1 heterocycles. The summed E-state index contributed by atoms with van der Waals surface area (Å²) in [6.07, 6.45) is 1.56. The third-order valence-electron chi connectivity index (χ3n) is 4.67. The van der Waals surface area contributed by atoms with Gasteiger partial charge in [-0.05, 0) is 57.2 Å². The maximum atomic E-state index is 10.3. The van der Waals surface area contributed by atoms with Crippen molar-refractivity contribution in [2.75, 3.05) is 6.54 Å². The van der Waals surface area contributed by atoms with Gasteiger partial charge >= 0.3 is 0 Å². The first kappa shape index (κ1) is 17.9. The van der Waals surface area contributed by atoms with E-state index >= 15 is 0 Å². The van der Waals surface area contributed by atoms with Gasteiger partial charge in [-0.15, -0.1) is 0 Å². The average Bonchev–Trinajstić information content (AvgIpc) is 3.15. The quantitative estimate of drug-likeness (QED) is 0.719. The van der Waals surface area contributed by atoms with Gasteiger partial charge in [-0.2, -0.15) is 5.10 Å². The van der Waals surface area contributed by atoms with E-state index in [4.69, 9.17) is 4.74 Å². The number of aryl methyl sites for hydroxylation is 1. The molecular formula is C19H28N4O2. The molecule has 0 aliphatic heterocycles. The fourth-order valence-electron chi connectivity index (χ4n) is 3.44. The monoisotopic (exact) mass is 344 g/mol. The lowest BCUT2D eigenvalue weighted by Crippen LogP contribution is -2.27. The van der Waals surface area contributed by atoms with Gasteiger partial charge in [-0.3, -0.25) is 5.10 Å². The molecule has 136 valence electrons. The summed E-state index contributed by atoms with van der Waals surface area (Å²) in [7, 11) is 0. The number of aliphatic hydroxyl groups is 1. The van der Waals surface area contributed by atoms with E-state index in [-0.39, 0.29) is 24.0 Å². The SMILES string of the molecule is Cc1nc(C2C[C@H](CNCc3ccc(OC(C)C)cc3)[C@H](O)C2)n[nH]1. The predicted octanol–water partition coefficient (Wildman–Crippen LogP) is 2.54. The van der Waals surface area contributed by atoms with E-state index in [1.54, 1.807) is 0 Å². The van der Waals surface area contributed by atoms with Crippen LogP contribution in [0.25, 0.3) is 0 Å². The molecule has 0 spiro atoms. The maximum Gasteiger partial charge on any atom is 0.153 e. The average molecular weight is 344 g/mol. The Morgan fingerprint density at radius 3 is 2.68 bits per heavy atom. The van der Waals surface area contributed by atoms with Crippen LogP contribution in [0.1, 0.15) is 49.8 Å². The van der Waals surface area contributed by atoms with Gasteiger partial charge in [0.2, 0.25) is 0 Å². The summed E-state index contributed by atoms with van der Waals surface area (Å²) >= 11 is 0. The zero-order chi connectivity index (χ0) is 17.8. The van der Waals surface area contributed by atoms with Crippen molar-refractivity contribution in [3.05, 3.63) is 41.5 Å². The van der Waals surface area contributed by atoms with Crippen molar-refractivity contribution < 1.29 is 9.84 Å². The Balaban J connectivity index is 1.45. The molecule has 1 aliphatic rings. The summed E-state index contributed by atoms with van der Waals surface area (Å²) in [5.41, 5.74) is 1.21. The van der Waals surface area contributed by atoms with Crippen LogP contribution in [0.2, 0.25) is 0 Å². The minimum Gasteiger partial charge on any atom is -0.491 e. The lowest BCUT2D eigenvalue weighted by Gasteiger charge is -2.15. The molecule has 1 unspecified atom stereocenters. The highest BCUT2D eigenvalue weighted by atomic mass is 16.5. The Labute approximate surface area is 149 Å². The normalized spacial score (nSPS) is 23.3. The Morgan fingerprint density at radius 2 is 2.04 bits per heavy atom. The van der Waals surface area contributed by atoms with Crippen molar-refractivity contribution in [1.29, 1.82) is 0 Å². The second-order valence-electron chi connectivity index (χ2n) is 7.22. The molecule has 1 aliphatic carbocycles. The minimum atomic E-state index is -0.293.